The fourth-order valence-corrected chi connectivity index (χ4v) is 7.30. The third-order valence-corrected chi connectivity index (χ3v) is 9.30. The quantitative estimate of drug-likeness (QED) is 0.0963. The Kier molecular flexibility index (Phi) is 8.67. The Bertz CT molecular complexity index is 1760. The molecule has 3 aliphatic carbocycles. The smallest absolute Gasteiger partial charge is 0.351 e. The third-order valence-electron chi connectivity index (χ3n) is 9.30. The molecule has 3 saturated carbocycles. The monoisotopic (exact) mass is 607 g/mol. The first kappa shape index (κ1) is 30.5. The largest absolute Gasteiger partial charge is 0.457 e. The van der Waals surface area contributed by atoms with Crippen molar-refractivity contribution in [3.63, 3.8) is 0 Å². The van der Waals surface area contributed by atoms with Gasteiger partial charge in [0.15, 0.2) is 11.6 Å². The Morgan fingerprint density at radius 3 is 2.87 bits per heavy atom. The number of H-pyrrole nitrogens is 2. The number of ketones is 1. The van der Waals surface area contributed by atoms with E-state index in [-0.39, 0.29) is 11.2 Å². The molecule has 234 valence electrons. The minimum absolute atomic E-state index is 0.220. The number of hydrogen-bond acceptors (Lipinski definition) is 5. The lowest BCUT2D eigenvalue weighted by molar-refractivity contribution is -0.577. The van der Waals surface area contributed by atoms with Gasteiger partial charge in [-0.1, -0.05) is 19.4 Å². The second kappa shape index (κ2) is 12.8. The highest BCUT2D eigenvalue weighted by atomic mass is 16.5. The van der Waals surface area contributed by atoms with E-state index >= 15 is 0 Å². The summed E-state index contributed by atoms with van der Waals surface area (Å²) in [6, 6.07) is 11.8. The summed E-state index contributed by atoms with van der Waals surface area (Å²) in [5, 5.41) is 3.02. The molecule has 3 aromatic heterocycles. The molecule has 0 spiro atoms. The number of rotatable bonds is 9. The molecule has 45 heavy (non-hydrogen) atoms. The van der Waals surface area contributed by atoms with Gasteiger partial charge in [0.1, 0.15) is 17.7 Å². The molecular formula is C35H43N8O2+. The van der Waals surface area contributed by atoms with Gasteiger partial charge in [-0.2, -0.15) is 5.10 Å². The zero-order chi connectivity index (χ0) is 31.6. The third kappa shape index (κ3) is 6.47. The summed E-state index contributed by atoms with van der Waals surface area (Å²) >= 11 is 0. The number of aromatic amines is 2. The molecule has 0 saturated heterocycles. The second-order valence-corrected chi connectivity index (χ2v) is 13.0. The van der Waals surface area contributed by atoms with Crippen LogP contribution in [0.5, 0.6) is 11.5 Å². The number of likely N-dealkylation sites (N-methyl/N-ethyl adjacent to an activating group) is 1. The molecule has 3 aliphatic rings. The molecule has 7 rings (SSSR count). The van der Waals surface area contributed by atoms with Gasteiger partial charge in [0.05, 0.1) is 23.8 Å². The van der Waals surface area contributed by atoms with Crippen molar-refractivity contribution in [2.75, 3.05) is 20.6 Å². The van der Waals surface area contributed by atoms with E-state index in [4.69, 9.17) is 15.5 Å². The maximum absolute atomic E-state index is 13.5. The number of aryl methyl sites for hydroxylation is 1. The number of carbonyl (C=O) groups excluding carboxylic acids is 1. The summed E-state index contributed by atoms with van der Waals surface area (Å²) in [6.45, 7) is 6.77. The van der Waals surface area contributed by atoms with Crippen LogP contribution in [0, 0.1) is 18.3 Å². The maximum atomic E-state index is 13.5. The zero-order valence-electron chi connectivity index (χ0n) is 26.4. The molecule has 0 amide bonds. The fraction of sp³-hybridized carbons (Fsp3) is 0.400. The highest BCUT2D eigenvalue weighted by molar-refractivity contribution is 6.04. The molecule has 0 radical (unpaired) electrons. The van der Waals surface area contributed by atoms with Gasteiger partial charge in [0.2, 0.25) is 6.33 Å². The lowest BCUT2D eigenvalue weighted by Crippen LogP contribution is -2.45. The Morgan fingerprint density at radius 2 is 2.09 bits per heavy atom. The Morgan fingerprint density at radius 1 is 1.24 bits per heavy atom. The average Bonchev–Trinajstić information content (AvgIpc) is 3.69. The topological polar surface area (TPSA) is 129 Å². The number of amidine groups is 1. The van der Waals surface area contributed by atoms with Crippen LogP contribution in [0.4, 0.5) is 5.69 Å². The van der Waals surface area contributed by atoms with Crippen LogP contribution in [0.2, 0.25) is 0 Å². The maximum Gasteiger partial charge on any atom is 0.351 e. The molecule has 0 aliphatic heterocycles. The molecule has 10 heteroatoms. The van der Waals surface area contributed by atoms with Gasteiger partial charge in [-0.25, -0.2) is 9.98 Å². The van der Waals surface area contributed by atoms with Crippen molar-refractivity contribution < 1.29 is 14.0 Å². The van der Waals surface area contributed by atoms with Crippen LogP contribution in [0.25, 0.3) is 5.65 Å². The first-order chi connectivity index (χ1) is 21.7. The van der Waals surface area contributed by atoms with Crippen LogP contribution in [0.3, 0.4) is 0 Å². The number of nitrogens with one attached hydrogen (secondary N) is 2. The van der Waals surface area contributed by atoms with E-state index in [9.17, 15) is 4.79 Å². The molecule has 4 aromatic rings. The van der Waals surface area contributed by atoms with Crippen molar-refractivity contribution in [3.8, 4) is 11.5 Å². The van der Waals surface area contributed by atoms with Gasteiger partial charge in [0.25, 0.3) is 0 Å². The van der Waals surface area contributed by atoms with E-state index in [2.05, 4.69) is 32.7 Å². The number of hydrogen-bond donors (Lipinski definition) is 3. The zero-order valence-corrected chi connectivity index (χ0v) is 26.4. The molecule has 1 atom stereocenters. The van der Waals surface area contributed by atoms with Crippen molar-refractivity contribution in [3.05, 3.63) is 84.1 Å². The van der Waals surface area contributed by atoms with Crippen molar-refractivity contribution >= 4 is 29.3 Å². The van der Waals surface area contributed by atoms with Crippen molar-refractivity contribution in [1.82, 2.24) is 20.0 Å². The number of carbonyl (C=O) groups is 1. The molecule has 4 N–H and O–H groups in total. The molecule has 1 aromatic carbocycles. The number of aliphatic imine (C=N–C) groups is 2. The number of Topliss-reactive ketones (excluding diaryl/α,β-unsaturated/α-hetero) is 1. The van der Waals surface area contributed by atoms with E-state index in [1.165, 1.54) is 11.9 Å². The number of ether oxygens (including phenoxy) is 1. The van der Waals surface area contributed by atoms with Crippen LogP contribution in [-0.2, 0) is 4.79 Å². The van der Waals surface area contributed by atoms with Gasteiger partial charge < -0.3 is 20.4 Å². The lowest BCUT2D eigenvalue weighted by Gasteiger charge is -2.47. The highest BCUT2D eigenvalue weighted by Crippen LogP contribution is 2.55. The predicted molar refractivity (Wildman–Crippen MR) is 176 cm³/mol. The first-order valence-electron chi connectivity index (χ1n) is 15.8. The van der Waals surface area contributed by atoms with Crippen LogP contribution >= 0.6 is 0 Å². The molecular weight excluding hydrogens is 564 g/mol. The van der Waals surface area contributed by atoms with E-state index < -0.39 is 0 Å². The summed E-state index contributed by atoms with van der Waals surface area (Å²) in [5.41, 5.74) is 10.9. The standard InChI is InChI=1S/C35H42N8O2/c1-23-15-27(8-9-30(23)45-28-11-14-43-31(17-28)39-22-40-43)41-34(38-21-36)32-29(10-13-37-32)26-7-5-6-12-35(18-25(16-26)19-35)33(44)24(2)20-42(3)4/h8-11,13-15,17,21-22,25-26H,2,5-7,12,16,18-20H2,1,3-4H3,(H3,36,37,38,41)/p+1/t25?,26-,35?/m1/s1. The van der Waals surface area contributed by atoms with Gasteiger partial charge in [0, 0.05) is 29.8 Å². The van der Waals surface area contributed by atoms with Crippen LogP contribution in [-0.4, -0.2) is 58.6 Å². The van der Waals surface area contributed by atoms with Gasteiger partial charge in [-0.15, -0.1) is 4.52 Å². The fourth-order valence-electron chi connectivity index (χ4n) is 7.30. The molecule has 10 nitrogen and oxygen atoms in total. The summed E-state index contributed by atoms with van der Waals surface area (Å²) < 4.78 is 7.98. The highest BCUT2D eigenvalue weighted by Gasteiger charge is 2.50. The average molecular weight is 608 g/mol. The molecule has 2 bridgehead atoms. The molecule has 0 unspecified atom stereocenters. The van der Waals surface area contributed by atoms with Crippen molar-refractivity contribution in [2.24, 2.45) is 27.1 Å². The summed E-state index contributed by atoms with van der Waals surface area (Å²) in [6.07, 6.45) is 13.9. The number of aromatic nitrogens is 4. The Labute approximate surface area is 264 Å². The normalized spacial score (nSPS) is 22.2. The van der Waals surface area contributed by atoms with E-state index in [0.717, 1.165) is 78.9 Å². The minimum atomic E-state index is -0.220. The number of benzene rings is 1. The SMILES string of the molecule is C=C(CN(C)C)C(=O)C12CCCC[C@@H](c3cc[nH]c3C(N=CN)=Nc3ccc(Oc4cc[n+]5[nH]cnc5c4)c(C)c3)CC(C1)C2. The molecule has 3 fully saturated rings. The van der Waals surface area contributed by atoms with Gasteiger partial charge in [-0.3, -0.25) is 4.79 Å². The van der Waals surface area contributed by atoms with Crippen molar-refractivity contribution in [1.29, 1.82) is 0 Å². The van der Waals surface area contributed by atoms with Gasteiger partial charge in [-0.05, 0) is 105 Å². The van der Waals surface area contributed by atoms with Crippen LogP contribution < -0.4 is 15.0 Å². The number of nitrogens with two attached hydrogens (primary N) is 1. The van der Waals surface area contributed by atoms with E-state index in [1.807, 2.05) is 73.2 Å². The minimum Gasteiger partial charge on any atom is -0.457 e. The summed E-state index contributed by atoms with van der Waals surface area (Å²) in [4.78, 5) is 32.6. The Hall–Kier alpha value is -4.57. The van der Waals surface area contributed by atoms with Gasteiger partial charge >= 0.3 is 5.65 Å². The van der Waals surface area contributed by atoms with Crippen LogP contribution in [0.1, 0.15) is 67.7 Å². The number of nitrogens with zero attached hydrogens (tertiary/aromatic N) is 5. The number of fused-ring (bicyclic) bond motifs is 6. The van der Waals surface area contributed by atoms with E-state index in [1.54, 1.807) is 6.33 Å². The summed E-state index contributed by atoms with van der Waals surface area (Å²) in [5.74, 6) is 3.15. The van der Waals surface area contributed by atoms with Crippen molar-refractivity contribution in [2.45, 2.75) is 57.8 Å². The predicted octanol–water partition coefficient (Wildman–Crippen LogP) is 5.77. The second-order valence-electron chi connectivity index (χ2n) is 13.0. The molecule has 3 heterocycles. The number of pyridine rings is 1. The van der Waals surface area contributed by atoms with Crippen LogP contribution in [0.15, 0.2) is 77.3 Å². The Balaban J connectivity index is 1.19. The first-order valence-corrected chi connectivity index (χ1v) is 15.8. The summed E-state index contributed by atoms with van der Waals surface area (Å²) in [7, 11) is 3.98. The van der Waals surface area contributed by atoms with E-state index in [0.29, 0.717) is 30.0 Å². The lowest BCUT2D eigenvalue weighted by atomic mass is 9.55.